The third-order valence-corrected chi connectivity index (χ3v) is 1.81. The SMILES string of the molecule is CC(C)C[C@H](N)C(=S)OCCN. The van der Waals surface area contributed by atoms with Gasteiger partial charge in [0.05, 0.1) is 6.04 Å². The minimum atomic E-state index is -0.133. The van der Waals surface area contributed by atoms with Crippen LogP contribution in [0.1, 0.15) is 20.3 Å². The molecule has 1 atom stereocenters. The van der Waals surface area contributed by atoms with Crippen molar-refractivity contribution in [1.29, 1.82) is 0 Å². The highest BCUT2D eigenvalue weighted by Gasteiger charge is 2.11. The second-order valence-corrected chi connectivity index (χ2v) is 3.59. The van der Waals surface area contributed by atoms with Crippen LogP contribution in [0.25, 0.3) is 0 Å². The molecule has 72 valence electrons. The minimum Gasteiger partial charge on any atom is -0.484 e. The maximum absolute atomic E-state index is 5.75. The van der Waals surface area contributed by atoms with Crippen molar-refractivity contribution in [2.24, 2.45) is 17.4 Å². The van der Waals surface area contributed by atoms with Gasteiger partial charge in [-0.2, -0.15) is 0 Å². The van der Waals surface area contributed by atoms with E-state index in [-0.39, 0.29) is 6.04 Å². The van der Waals surface area contributed by atoms with Crippen molar-refractivity contribution in [3.05, 3.63) is 0 Å². The van der Waals surface area contributed by atoms with Gasteiger partial charge in [-0.05, 0) is 24.6 Å². The van der Waals surface area contributed by atoms with Crippen molar-refractivity contribution in [3.63, 3.8) is 0 Å². The summed E-state index contributed by atoms with van der Waals surface area (Å²) in [5.41, 5.74) is 11.0. The largest absolute Gasteiger partial charge is 0.484 e. The van der Waals surface area contributed by atoms with E-state index in [0.717, 1.165) is 6.42 Å². The van der Waals surface area contributed by atoms with E-state index < -0.39 is 0 Å². The number of nitrogens with two attached hydrogens (primary N) is 2. The molecule has 4 heteroatoms. The van der Waals surface area contributed by atoms with E-state index in [2.05, 4.69) is 13.8 Å². The molecule has 0 heterocycles. The van der Waals surface area contributed by atoms with Crippen LogP contribution in [0.3, 0.4) is 0 Å². The molecule has 0 aromatic heterocycles. The Bertz CT molecular complexity index is 139. The molecule has 0 unspecified atom stereocenters. The Balaban J connectivity index is 3.61. The fourth-order valence-corrected chi connectivity index (χ4v) is 1.05. The van der Waals surface area contributed by atoms with E-state index in [1.54, 1.807) is 0 Å². The van der Waals surface area contributed by atoms with Gasteiger partial charge in [0, 0.05) is 6.54 Å². The Morgan fingerprint density at radius 3 is 2.50 bits per heavy atom. The molecule has 0 saturated heterocycles. The van der Waals surface area contributed by atoms with Gasteiger partial charge in [-0.25, -0.2) is 0 Å². The average Bonchev–Trinajstić information content (AvgIpc) is 1.98. The first kappa shape index (κ1) is 11.8. The van der Waals surface area contributed by atoms with Gasteiger partial charge in [0.15, 0.2) is 5.05 Å². The molecule has 0 aromatic carbocycles. The molecule has 0 aliphatic heterocycles. The maximum atomic E-state index is 5.75. The van der Waals surface area contributed by atoms with Gasteiger partial charge < -0.3 is 16.2 Å². The lowest BCUT2D eigenvalue weighted by Gasteiger charge is -2.15. The van der Waals surface area contributed by atoms with Crippen molar-refractivity contribution in [3.8, 4) is 0 Å². The smallest absolute Gasteiger partial charge is 0.176 e. The number of hydrogen-bond donors (Lipinski definition) is 2. The fraction of sp³-hybridized carbons (Fsp3) is 0.875. The van der Waals surface area contributed by atoms with Gasteiger partial charge in [0.2, 0.25) is 0 Å². The van der Waals surface area contributed by atoms with E-state index in [4.69, 9.17) is 28.4 Å². The van der Waals surface area contributed by atoms with Crippen LogP contribution in [0.5, 0.6) is 0 Å². The van der Waals surface area contributed by atoms with Gasteiger partial charge in [0.1, 0.15) is 6.61 Å². The third-order valence-electron chi connectivity index (χ3n) is 1.39. The monoisotopic (exact) mass is 190 g/mol. The molecular formula is C8H18N2OS. The predicted molar refractivity (Wildman–Crippen MR) is 55.0 cm³/mol. The lowest BCUT2D eigenvalue weighted by molar-refractivity contribution is 0.305. The zero-order valence-corrected chi connectivity index (χ0v) is 8.56. The summed E-state index contributed by atoms with van der Waals surface area (Å²) in [7, 11) is 0. The second kappa shape index (κ2) is 6.34. The number of ether oxygens (including phenoxy) is 1. The van der Waals surface area contributed by atoms with Gasteiger partial charge in [0.25, 0.3) is 0 Å². The van der Waals surface area contributed by atoms with E-state index in [9.17, 15) is 0 Å². The molecule has 0 aliphatic carbocycles. The highest BCUT2D eigenvalue weighted by molar-refractivity contribution is 7.80. The van der Waals surface area contributed by atoms with Crippen LogP contribution in [0.15, 0.2) is 0 Å². The summed E-state index contributed by atoms with van der Waals surface area (Å²) in [5, 5.41) is 0.481. The van der Waals surface area contributed by atoms with Crippen LogP contribution in [-0.4, -0.2) is 24.2 Å². The van der Waals surface area contributed by atoms with Gasteiger partial charge in [-0.3, -0.25) is 0 Å². The van der Waals surface area contributed by atoms with Gasteiger partial charge in [-0.15, -0.1) is 0 Å². The normalized spacial score (nSPS) is 13.1. The van der Waals surface area contributed by atoms with Crippen molar-refractivity contribution < 1.29 is 4.74 Å². The summed E-state index contributed by atoms with van der Waals surface area (Å²) >= 11 is 4.96. The number of thiocarbonyl (C=S) groups is 1. The molecule has 0 aliphatic rings. The quantitative estimate of drug-likeness (QED) is 0.625. The topological polar surface area (TPSA) is 61.3 Å². The molecule has 0 rings (SSSR count). The minimum absolute atomic E-state index is 0.133. The van der Waals surface area contributed by atoms with E-state index in [0.29, 0.717) is 24.1 Å². The van der Waals surface area contributed by atoms with Crippen LogP contribution in [0, 0.1) is 5.92 Å². The molecule has 4 N–H and O–H groups in total. The molecule has 0 fully saturated rings. The zero-order chi connectivity index (χ0) is 9.56. The molecule has 0 amide bonds. The average molecular weight is 190 g/mol. The van der Waals surface area contributed by atoms with Crippen LogP contribution in [-0.2, 0) is 4.74 Å². The van der Waals surface area contributed by atoms with Crippen LogP contribution in [0.2, 0.25) is 0 Å². The number of rotatable bonds is 5. The Hall–Kier alpha value is -0.190. The standard InChI is InChI=1S/C8H18N2OS/c1-6(2)5-7(10)8(12)11-4-3-9/h6-7H,3-5,9-10H2,1-2H3/t7-/m0/s1. The Kier molecular flexibility index (Phi) is 6.24. The highest BCUT2D eigenvalue weighted by atomic mass is 32.1. The molecule has 0 spiro atoms. The molecular weight excluding hydrogens is 172 g/mol. The first-order valence-corrected chi connectivity index (χ1v) is 4.61. The summed E-state index contributed by atoms with van der Waals surface area (Å²) in [6.45, 7) is 5.15. The van der Waals surface area contributed by atoms with Gasteiger partial charge in [-0.1, -0.05) is 13.8 Å². The molecule has 0 bridgehead atoms. The summed E-state index contributed by atoms with van der Waals surface area (Å²) in [5.74, 6) is 0.541. The molecule has 12 heavy (non-hydrogen) atoms. The Morgan fingerprint density at radius 1 is 1.50 bits per heavy atom. The number of hydrogen-bond acceptors (Lipinski definition) is 4. The lowest BCUT2D eigenvalue weighted by Crippen LogP contribution is -2.33. The Morgan fingerprint density at radius 2 is 2.08 bits per heavy atom. The van der Waals surface area contributed by atoms with E-state index in [1.807, 2.05) is 0 Å². The fourth-order valence-electron chi connectivity index (χ4n) is 0.871. The zero-order valence-electron chi connectivity index (χ0n) is 7.75. The van der Waals surface area contributed by atoms with Crippen LogP contribution >= 0.6 is 12.2 Å². The van der Waals surface area contributed by atoms with Crippen LogP contribution < -0.4 is 11.5 Å². The highest BCUT2D eigenvalue weighted by Crippen LogP contribution is 2.04. The van der Waals surface area contributed by atoms with Crippen molar-refractivity contribution >= 4 is 17.3 Å². The molecule has 0 saturated carbocycles. The second-order valence-electron chi connectivity index (χ2n) is 3.19. The van der Waals surface area contributed by atoms with Crippen molar-refractivity contribution in [2.75, 3.05) is 13.2 Å². The van der Waals surface area contributed by atoms with E-state index >= 15 is 0 Å². The van der Waals surface area contributed by atoms with Gasteiger partial charge >= 0.3 is 0 Å². The predicted octanol–water partition coefficient (Wildman–Crippen LogP) is 0.663. The molecule has 0 aromatic rings. The Labute approximate surface area is 79.4 Å². The first-order valence-electron chi connectivity index (χ1n) is 4.20. The third kappa shape index (κ3) is 5.46. The maximum Gasteiger partial charge on any atom is 0.176 e. The summed E-state index contributed by atoms with van der Waals surface area (Å²) in [6, 6.07) is -0.133. The molecule has 3 nitrogen and oxygen atoms in total. The van der Waals surface area contributed by atoms with Crippen molar-refractivity contribution in [1.82, 2.24) is 0 Å². The summed E-state index contributed by atoms with van der Waals surface area (Å²) in [6.07, 6.45) is 0.864. The summed E-state index contributed by atoms with van der Waals surface area (Å²) < 4.78 is 5.14. The molecule has 0 radical (unpaired) electrons. The lowest BCUT2D eigenvalue weighted by atomic mass is 10.1. The summed E-state index contributed by atoms with van der Waals surface area (Å²) in [4.78, 5) is 0. The van der Waals surface area contributed by atoms with E-state index in [1.165, 1.54) is 0 Å². The van der Waals surface area contributed by atoms with Crippen molar-refractivity contribution in [2.45, 2.75) is 26.3 Å². The van der Waals surface area contributed by atoms with Crippen LogP contribution in [0.4, 0.5) is 0 Å². The first-order chi connectivity index (χ1) is 5.57.